The maximum Gasteiger partial charge on any atom is 0.303 e. The molecule has 0 aliphatic carbocycles. The number of halogens is 1. The van der Waals surface area contributed by atoms with Gasteiger partial charge in [-0.2, -0.15) is 0 Å². The summed E-state index contributed by atoms with van der Waals surface area (Å²) in [5.41, 5.74) is 1.83. The molecule has 10 nitrogen and oxygen atoms in total. The Morgan fingerprint density at radius 3 is 2.70 bits per heavy atom. The molecule has 0 saturated carbocycles. The number of hydrogen-bond donors (Lipinski definition) is 2. The quantitative estimate of drug-likeness (QED) is 0.278. The molecular weight excluding hydrogens is 470 g/mol. The van der Waals surface area contributed by atoms with Crippen molar-refractivity contribution >= 4 is 40.7 Å². The standard InChI is InChI=1S/C21H18ClN5O5S/c22-15-4-2-1-3-13(15)19-14-11-12(27(31)32)5-7-17(14)26-20(16(23-19)6-8-18(29)30)24-25-21(26)33-10-9-28/h1-5,7,11,16,28H,6,8-10H2,(H,29,30)/t16-/m0/s1. The zero-order valence-corrected chi connectivity index (χ0v) is 18.7. The molecule has 170 valence electrons. The highest BCUT2D eigenvalue weighted by atomic mass is 35.5. The van der Waals surface area contributed by atoms with Crippen LogP contribution in [0, 0.1) is 10.1 Å². The minimum Gasteiger partial charge on any atom is -0.481 e. The van der Waals surface area contributed by atoms with Crippen LogP contribution in [0.4, 0.5) is 5.69 Å². The van der Waals surface area contributed by atoms with Crippen LogP contribution >= 0.6 is 23.4 Å². The third-order valence-electron chi connectivity index (χ3n) is 5.01. The molecule has 33 heavy (non-hydrogen) atoms. The number of rotatable bonds is 8. The van der Waals surface area contributed by atoms with Gasteiger partial charge in [-0.05, 0) is 18.6 Å². The average molecular weight is 488 g/mol. The van der Waals surface area contributed by atoms with E-state index >= 15 is 0 Å². The summed E-state index contributed by atoms with van der Waals surface area (Å²) in [6.07, 6.45) is -0.0192. The second-order valence-corrected chi connectivity index (χ2v) is 8.58. The van der Waals surface area contributed by atoms with E-state index in [1.165, 1.54) is 23.9 Å². The molecule has 1 aliphatic rings. The summed E-state index contributed by atoms with van der Waals surface area (Å²) in [6.45, 7) is -0.0796. The lowest BCUT2D eigenvalue weighted by atomic mass is 9.99. The number of aliphatic imine (C=N–C) groups is 1. The molecule has 2 N–H and O–H groups in total. The summed E-state index contributed by atoms with van der Waals surface area (Å²) >= 11 is 7.73. The van der Waals surface area contributed by atoms with Crippen LogP contribution in [0.2, 0.25) is 5.02 Å². The predicted molar refractivity (Wildman–Crippen MR) is 123 cm³/mol. The predicted octanol–water partition coefficient (Wildman–Crippen LogP) is 3.67. The monoisotopic (exact) mass is 487 g/mol. The molecule has 1 aromatic heterocycles. The number of aliphatic hydroxyl groups is 1. The maximum absolute atomic E-state index is 11.5. The van der Waals surface area contributed by atoms with E-state index in [1.807, 2.05) is 0 Å². The first kappa shape index (κ1) is 22.9. The van der Waals surface area contributed by atoms with Crippen molar-refractivity contribution in [2.45, 2.75) is 24.0 Å². The van der Waals surface area contributed by atoms with Crippen LogP contribution in [0.5, 0.6) is 0 Å². The van der Waals surface area contributed by atoms with Crippen LogP contribution in [-0.4, -0.2) is 53.9 Å². The number of carbonyl (C=O) groups is 1. The van der Waals surface area contributed by atoms with E-state index < -0.39 is 16.9 Å². The normalized spacial score (nSPS) is 14.7. The van der Waals surface area contributed by atoms with Crippen molar-refractivity contribution in [2.75, 3.05) is 12.4 Å². The molecule has 4 rings (SSSR count). The molecule has 0 saturated heterocycles. The number of aliphatic hydroxyl groups excluding tert-OH is 1. The Morgan fingerprint density at radius 1 is 1.21 bits per heavy atom. The molecule has 2 aromatic carbocycles. The number of aliphatic carboxylic acids is 1. The van der Waals surface area contributed by atoms with E-state index in [2.05, 4.69) is 10.2 Å². The minimum atomic E-state index is -0.983. The SMILES string of the molecule is O=C(O)CC[C@@H]1N=C(c2ccccc2Cl)c2cc([N+](=O)[O-])ccc2-n2c(SCCO)nnc21. The van der Waals surface area contributed by atoms with Gasteiger partial charge < -0.3 is 10.2 Å². The summed E-state index contributed by atoms with van der Waals surface area (Å²) in [5.74, 6) is -0.213. The van der Waals surface area contributed by atoms with Crippen molar-refractivity contribution in [3.8, 4) is 5.69 Å². The summed E-state index contributed by atoms with van der Waals surface area (Å²) < 4.78 is 1.72. The number of carboxylic acid groups (broad SMARTS) is 1. The van der Waals surface area contributed by atoms with E-state index in [-0.39, 0.29) is 25.1 Å². The zero-order valence-electron chi connectivity index (χ0n) is 17.1. The topological polar surface area (TPSA) is 144 Å². The third kappa shape index (κ3) is 4.61. The van der Waals surface area contributed by atoms with Crippen molar-refractivity contribution in [3.63, 3.8) is 0 Å². The molecule has 0 fully saturated rings. The largest absolute Gasteiger partial charge is 0.481 e. The Labute approximate surface area is 197 Å². The Morgan fingerprint density at radius 2 is 2.00 bits per heavy atom. The van der Waals surface area contributed by atoms with Crippen LogP contribution < -0.4 is 0 Å². The molecule has 0 amide bonds. The Hall–Kier alpha value is -3.28. The van der Waals surface area contributed by atoms with Gasteiger partial charge in [-0.3, -0.25) is 24.5 Å². The highest BCUT2D eigenvalue weighted by Crippen LogP contribution is 2.37. The molecule has 1 aliphatic heterocycles. The molecule has 2 heterocycles. The zero-order chi connectivity index (χ0) is 23.5. The van der Waals surface area contributed by atoms with Crippen molar-refractivity contribution in [1.29, 1.82) is 0 Å². The molecule has 0 spiro atoms. The Balaban J connectivity index is 2.00. The van der Waals surface area contributed by atoms with Crippen molar-refractivity contribution in [3.05, 3.63) is 74.6 Å². The van der Waals surface area contributed by atoms with E-state index in [0.717, 1.165) is 0 Å². The molecule has 1 atom stereocenters. The van der Waals surface area contributed by atoms with Gasteiger partial charge in [0, 0.05) is 40.5 Å². The lowest BCUT2D eigenvalue weighted by molar-refractivity contribution is -0.384. The molecule has 0 bridgehead atoms. The number of carboxylic acids is 1. The lowest BCUT2D eigenvalue weighted by Crippen LogP contribution is -2.09. The number of hydrogen-bond acceptors (Lipinski definition) is 8. The fourth-order valence-corrected chi connectivity index (χ4v) is 4.50. The van der Waals surface area contributed by atoms with Gasteiger partial charge in [0.15, 0.2) is 11.0 Å². The summed E-state index contributed by atoms with van der Waals surface area (Å²) in [6, 6.07) is 10.7. The van der Waals surface area contributed by atoms with E-state index in [0.29, 0.717) is 44.3 Å². The number of benzene rings is 2. The number of thioether (sulfide) groups is 1. The van der Waals surface area contributed by atoms with Crippen molar-refractivity contribution < 1.29 is 19.9 Å². The molecule has 0 unspecified atom stereocenters. The summed E-state index contributed by atoms with van der Waals surface area (Å²) in [4.78, 5) is 27.2. The van der Waals surface area contributed by atoms with Gasteiger partial charge in [0.1, 0.15) is 6.04 Å². The number of nitrogens with zero attached hydrogens (tertiary/aromatic N) is 5. The number of aromatic nitrogens is 3. The first-order chi connectivity index (χ1) is 15.9. The molecule has 12 heteroatoms. The van der Waals surface area contributed by atoms with E-state index in [9.17, 15) is 25.1 Å². The van der Waals surface area contributed by atoms with Gasteiger partial charge in [0.25, 0.3) is 5.69 Å². The maximum atomic E-state index is 11.5. The third-order valence-corrected chi connectivity index (χ3v) is 6.25. The van der Waals surface area contributed by atoms with Gasteiger partial charge in [0.05, 0.1) is 22.9 Å². The van der Waals surface area contributed by atoms with Gasteiger partial charge in [-0.25, -0.2) is 0 Å². The van der Waals surface area contributed by atoms with Gasteiger partial charge in [-0.15, -0.1) is 10.2 Å². The van der Waals surface area contributed by atoms with Crippen LogP contribution in [0.15, 0.2) is 52.6 Å². The highest BCUT2D eigenvalue weighted by molar-refractivity contribution is 7.99. The number of nitro benzene ring substituents is 1. The van der Waals surface area contributed by atoms with Crippen LogP contribution in [-0.2, 0) is 4.79 Å². The molecular formula is C21H18ClN5O5S. The minimum absolute atomic E-state index is 0.0796. The van der Waals surface area contributed by atoms with Gasteiger partial charge in [-0.1, -0.05) is 41.6 Å². The summed E-state index contributed by atoms with van der Waals surface area (Å²) in [5, 5.41) is 39.4. The molecule has 0 radical (unpaired) electrons. The van der Waals surface area contributed by atoms with Crippen molar-refractivity contribution in [1.82, 2.24) is 14.8 Å². The van der Waals surface area contributed by atoms with Crippen LogP contribution in [0.25, 0.3) is 5.69 Å². The number of fused-ring (bicyclic) bond motifs is 3. The van der Waals surface area contributed by atoms with Crippen LogP contribution in [0.1, 0.15) is 35.8 Å². The van der Waals surface area contributed by atoms with Gasteiger partial charge in [0.2, 0.25) is 0 Å². The van der Waals surface area contributed by atoms with Gasteiger partial charge >= 0.3 is 5.97 Å². The summed E-state index contributed by atoms with van der Waals surface area (Å²) in [7, 11) is 0. The van der Waals surface area contributed by atoms with E-state index in [4.69, 9.17) is 16.6 Å². The highest BCUT2D eigenvalue weighted by Gasteiger charge is 2.31. The second kappa shape index (κ2) is 9.69. The number of non-ortho nitro benzene ring substituents is 1. The molecule has 3 aromatic rings. The Kier molecular flexibility index (Phi) is 6.72. The lowest BCUT2D eigenvalue weighted by Gasteiger charge is -2.13. The fraction of sp³-hybridized carbons (Fsp3) is 0.238. The first-order valence-electron chi connectivity index (χ1n) is 9.93. The first-order valence-corrected chi connectivity index (χ1v) is 11.3. The van der Waals surface area contributed by atoms with Crippen LogP contribution in [0.3, 0.4) is 0 Å². The van der Waals surface area contributed by atoms with E-state index in [1.54, 1.807) is 34.9 Å². The fourth-order valence-electron chi connectivity index (χ4n) is 3.58. The van der Waals surface area contributed by atoms with Crippen molar-refractivity contribution in [2.24, 2.45) is 4.99 Å². The number of nitro groups is 1. The smallest absolute Gasteiger partial charge is 0.303 e. The second-order valence-electron chi connectivity index (χ2n) is 7.11. The Bertz CT molecular complexity index is 1260. The average Bonchev–Trinajstić information content (AvgIpc) is 3.15.